The Labute approximate surface area is 185 Å². The molecule has 1 fully saturated rings. The number of methoxy groups -OCH3 is 1. The van der Waals surface area contributed by atoms with Crippen LogP contribution in [0.3, 0.4) is 0 Å². The summed E-state index contributed by atoms with van der Waals surface area (Å²) in [4.78, 5) is 2.29. The van der Waals surface area contributed by atoms with Crippen LogP contribution in [0.2, 0.25) is 0 Å². The first-order valence-corrected chi connectivity index (χ1v) is 11.0. The third-order valence-electron chi connectivity index (χ3n) is 6.39. The average molecular weight is 419 g/mol. The number of ether oxygens (including phenoxy) is 1. The number of fused-ring (bicyclic) bond motifs is 1. The van der Waals surface area contributed by atoms with Gasteiger partial charge in [-0.2, -0.15) is 0 Å². The maximum absolute atomic E-state index is 5.36. The molecule has 0 bridgehead atoms. The number of rotatable bonds is 4. The number of benzene rings is 2. The SMILES string of the molecule is COc1ccc2cc(-c3ccc(N(C)C4CC(C)(C)NC(C)(C)C4)nn3)c(C)cc2c1. The van der Waals surface area contributed by atoms with Gasteiger partial charge in [0.15, 0.2) is 5.82 Å². The van der Waals surface area contributed by atoms with Gasteiger partial charge in [-0.15, -0.1) is 10.2 Å². The Morgan fingerprint density at radius 1 is 0.935 bits per heavy atom. The Hall–Kier alpha value is -2.66. The lowest BCUT2D eigenvalue weighted by molar-refractivity contribution is 0.160. The number of aryl methyl sites for hydroxylation is 1. The number of hydrogen-bond donors (Lipinski definition) is 1. The quantitative estimate of drug-likeness (QED) is 0.618. The van der Waals surface area contributed by atoms with E-state index in [1.54, 1.807) is 7.11 Å². The van der Waals surface area contributed by atoms with Crippen LogP contribution in [0.4, 0.5) is 5.82 Å². The zero-order chi connectivity index (χ0) is 22.4. The van der Waals surface area contributed by atoms with Crippen molar-refractivity contribution in [3.05, 3.63) is 48.0 Å². The van der Waals surface area contributed by atoms with E-state index in [0.717, 1.165) is 35.7 Å². The highest BCUT2D eigenvalue weighted by molar-refractivity contribution is 5.89. The van der Waals surface area contributed by atoms with Crippen molar-refractivity contribution in [2.75, 3.05) is 19.1 Å². The zero-order valence-electron chi connectivity index (χ0n) is 19.8. The van der Waals surface area contributed by atoms with Gasteiger partial charge in [0, 0.05) is 29.7 Å². The molecular formula is C26H34N4O. The Balaban J connectivity index is 1.60. The van der Waals surface area contributed by atoms with E-state index >= 15 is 0 Å². The van der Waals surface area contributed by atoms with Gasteiger partial charge in [-0.25, -0.2) is 0 Å². The second kappa shape index (κ2) is 7.79. The summed E-state index contributed by atoms with van der Waals surface area (Å²) in [5.41, 5.74) is 3.39. The Morgan fingerprint density at radius 3 is 2.26 bits per heavy atom. The highest BCUT2D eigenvalue weighted by Crippen LogP contribution is 2.33. The van der Waals surface area contributed by atoms with Gasteiger partial charge in [-0.05, 0) is 94.1 Å². The van der Waals surface area contributed by atoms with Gasteiger partial charge >= 0.3 is 0 Å². The Bertz CT molecular complexity index is 1070. The lowest BCUT2D eigenvalue weighted by Crippen LogP contribution is -2.62. The summed E-state index contributed by atoms with van der Waals surface area (Å²) in [5.74, 6) is 1.79. The van der Waals surface area contributed by atoms with Crippen LogP contribution in [0.1, 0.15) is 46.1 Å². The van der Waals surface area contributed by atoms with Crippen LogP contribution in [0.5, 0.6) is 5.75 Å². The molecule has 0 amide bonds. The molecular weight excluding hydrogens is 384 g/mol. The number of anilines is 1. The highest BCUT2D eigenvalue weighted by Gasteiger charge is 2.39. The molecule has 0 spiro atoms. The molecule has 1 aliphatic rings. The van der Waals surface area contributed by atoms with Crippen LogP contribution in [0.15, 0.2) is 42.5 Å². The van der Waals surface area contributed by atoms with Gasteiger partial charge < -0.3 is 15.0 Å². The molecule has 0 radical (unpaired) electrons. The summed E-state index contributed by atoms with van der Waals surface area (Å²) >= 11 is 0. The van der Waals surface area contributed by atoms with Crippen molar-refractivity contribution in [3.8, 4) is 17.0 Å². The summed E-state index contributed by atoms with van der Waals surface area (Å²) in [7, 11) is 3.84. The summed E-state index contributed by atoms with van der Waals surface area (Å²) < 4.78 is 5.36. The normalized spacial score (nSPS) is 18.2. The standard InChI is InChI=1S/C26H34N4O/c1-17-12-19-13-21(31-7)9-8-18(19)14-22(17)23-10-11-24(28-27-23)30(6)20-15-25(2,3)29-26(4,5)16-20/h8-14,20,29H,15-16H2,1-7H3. The summed E-state index contributed by atoms with van der Waals surface area (Å²) in [5, 5.41) is 15.3. The Kier molecular flexibility index (Phi) is 5.42. The Morgan fingerprint density at radius 2 is 1.65 bits per heavy atom. The molecule has 164 valence electrons. The molecule has 1 saturated heterocycles. The van der Waals surface area contributed by atoms with Crippen LogP contribution >= 0.6 is 0 Å². The van der Waals surface area contributed by atoms with Gasteiger partial charge in [0.05, 0.1) is 12.8 Å². The minimum Gasteiger partial charge on any atom is -0.497 e. The van der Waals surface area contributed by atoms with E-state index in [9.17, 15) is 0 Å². The molecule has 0 saturated carbocycles. The third-order valence-corrected chi connectivity index (χ3v) is 6.39. The predicted octanol–water partition coefficient (Wildman–Crippen LogP) is 5.36. The van der Waals surface area contributed by atoms with E-state index in [0.29, 0.717) is 6.04 Å². The van der Waals surface area contributed by atoms with E-state index in [4.69, 9.17) is 4.74 Å². The van der Waals surface area contributed by atoms with E-state index in [1.807, 2.05) is 6.07 Å². The van der Waals surface area contributed by atoms with Crippen molar-refractivity contribution in [3.63, 3.8) is 0 Å². The van der Waals surface area contributed by atoms with Crippen molar-refractivity contribution in [2.45, 2.75) is 64.6 Å². The van der Waals surface area contributed by atoms with Crippen LogP contribution in [0.25, 0.3) is 22.0 Å². The predicted molar refractivity (Wildman–Crippen MR) is 129 cm³/mol. The van der Waals surface area contributed by atoms with Crippen molar-refractivity contribution >= 4 is 16.6 Å². The third kappa shape index (κ3) is 4.52. The molecule has 1 N–H and O–H groups in total. The topological polar surface area (TPSA) is 50.3 Å². The molecule has 0 atom stereocenters. The molecule has 5 heteroatoms. The average Bonchev–Trinajstić information content (AvgIpc) is 2.70. The van der Waals surface area contributed by atoms with Gasteiger partial charge in [0.1, 0.15) is 5.75 Å². The van der Waals surface area contributed by atoms with Crippen LogP contribution in [0, 0.1) is 6.92 Å². The first-order chi connectivity index (χ1) is 14.6. The first kappa shape index (κ1) is 21.6. The van der Waals surface area contributed by atoms with Crippen LogP contribution in [-0.2, 0) is 0 Å². The van der Waals surface area contributed by atoms with Crippen molar-refractivity contribution < 1.29 is 4.74 Å². The van der Waals surface area contributed by atoms with Gasteiger partial charge in [0.25, 0.3) is 0 Å². The summed E-state index contributed by atoms with van der Waals surface area (Å²) in [6.45, 7) is 11.2. The maximum Gasteiger partial charge on any atom is 0.151 e. The second-order valence-corrected chi connectivity index (χ2v) is 10.2. The lowest BCUT2D eigenvalue weighted by atomic mass is 9.79. The largest absolute Gasteiger partial charge is 0.497 e. The minimum absolute atomic E-state index is 0.0962. The van der Waals surface area contributed by atoms with Gasteiger partial charge in [-0.3, -0.25) is 0 Å². The number of piperidine rings is 1. The van der Waals surface area contributed by atoms with Crippen molar-refractivity contribution in [1.29, 1.82) is 0 Å². The number of nitrogens with one attached hydrogen (secondary N) is 1. The second-order valence-electron chi connectivity index (χ2n) is 10.2. The van der Waals surface area contributed by atoms with Gasteiger partial charge in [-0.1, -0.05) is 12.1 Å². The maximum atomic E-state index is 5.36. The molecule has 2 heterocycles. The number of nitrogens with zero attached hydrogens (tertiary/aromatic N) is 3. The molecule has 0 aliphatic carbocycles. The fourth-order valence-electron chi connectivity index (χ4n) is 5.18. The van der Waals surface area contributed by atoms with Crippen molar-refractivity contribution in [1.82, 2.24) is 15.5 Å². The smallest absolute Gasteiger partial charge is 0.151 e. The molecule has 0 unspecified atom stereocenters. The number of hydrogen-bond acceptors (Lipinski definition) is 5. The van der Waals surface area contributed by atoms with E-state index < -0.39 is 0 Å². The lowest BCUT2D eigenvalue weighted by Gasteiger charge is -2.49. The molecule has 5 nitrogen and oxygen atoms in total. The first-order valence-electron chi connectivity index (χ1n) is 11.0. The van der Waals surface area contributed by atoms with Crippen LogP contribution < -0.4 is 15.0 Å². The fourth-order valence-corrected chi connectivity index (χ4v) is 5.18. The molecule has 1 aromatic heterocycles. The van der Waals surface area contributed by atoms with E-state index in [1.165, 1.54) is 16.3 Å². The minimum atomic E-state index is 0.0962. The van der Waals surface area contributed by atoms with Crippen molar-refractivity contribution in [2.24, 2.45) is 0 Å². The van der Waals surface area contributed by atoms with Gasteiger partial charge in [0.2, 0.25) is 0 Å². The fraction of sp³-hybridized carbons (Fsp3) is 0.462. The molecule has 2 aromatic carbocycles. The molecule has 3 aromatic rings. The highest BCUT2D eigenvalue weighted by atomic mass is 16.5. The van der Waals surface area contributed by atoms with E-state index in [2.05, 4.69) is 98.5 Å². The van der Waals surface area contributed by atoms with E-state index in [-0.39, 0.29) is 11.1 Å². The molecule has 31 heavy (non-hydrogen) atoms. The molecule has 1 aliphatic heterocycles. The summed E-state index contributed by atoms with van der Waals surface area (Å²) in [6, 6.07) is 15.1. The monoisotopic (exact) mass is 418 g/mol. The number of aromatic nitrogens is 2. The van der Waals surface area contributed by atoms with Crippen LogP contribution in [-0.4, -0.2) is 41.5 Å². The summed E-state index contributed by atoms with van der Waals surface area (Å²) in [6.07, 6.45) is 2.15. The zero-order valence-corrected chi connectivity index (χ0v) is 19.8. The molecule has 4 rings (SSSR count).